The molecule has 1 aromatic rings. The van der Waals surface area contributed by atoms with Gasteiger partial charge < -0.3 is 4.90 Å². The number of anilines is 1. The van der Waals surface area contributed by atoms with Gasteiger partial charge in [0.05, 0.1) is 0 Å². The van der Waals surface area contributed by atoms with Crippen LogP contribution in [0.4, 0.5) is 10.1 Å². The quantitative estimate of drug-likeness (QED) is 0.781. The average Bonchev–Trinajstić information content (AvgIpc) is 2.58. The van der Waals surface area contributed by atoms with Crippen molar-refractivity contribution in [2.45, 2.75) is 18.6 Å². The zero-order valence-electron chi connectivity index (χ0n) is 9.56. The van der Waals surface area contributed by atoms with Crippen molar-refractivity contribution in [3.05, 3.63) is 29.6 Å². The van der Waals surface area contributed by atoms with Gasteiger partial charge in [0.25, 0.3) is 0 Å². The third kappa shape index (κ3) is 2.64. The number of hydrogen-bond donors (Lipinski definition) is 0. The molecule has 18 heavy (non-hydrogen) atoms. The Balaban J connectivity index is 2.32. The molecule has 1 aliphatic rings. The van der Waals surface area contributed by atoms with Crippen LogP contribution in [0.5, 0.6) is 0 Å². The van der Waals surface area contributed by atoms with Crippen molar-refractivity contribution in [1.29, 1.82) is 0 Å². The first-order valence-corrected chi connectivity index (χ1v) is 7.65. The zero-order valence-corrected chi connectivity index (χ0v) is 11.1. The molecule has 1 amide bonds. The predicted octanol–water partition coefficient (Wildman–Crippen LogP) is 1.81. The van der Waals surface area contributed by atoms with Crippen molar-refractivity contribution in [3.63, 3.8) is 0 Å². The summed E-state index contributed by atoms with van der Waals surface area (Å²) < 4.78 is 35.7. The molecular weight excluding hydrogens is 281 g/mol. The zero-order chi connectivity index (χ0) is 13.5. The fourth-order valence-electron chi connectivity index (χ4n) is 1.99. The van der Waals surface area contributed by atoms with Gasteiger partial charge in [0, 0.05) is 29.3 Å². The van der Waals surface area contributed by atoms with Crippen LogP contribution < -0.4 is 4.90 Å². The summed E-state index contributed by atoms with van der Waals surface area (Å²) in [5, 5.41) is -0.935. The van der Waals surface area contributed by atoms with Gasteiger partial charge in [0.1, 0.15) is 11.1 Å². The fraction of sp³-hybridized carbons (Fsp3) is 0.364. The van der Waals surface area contributed by atoms with Gasteiger partial charge in [0.15, 0.2) is 0 Å². The second kappa shape index (κ2) is 4.51. The minimum atomic E-state index is -3.78. The summed E-state index contributed by atoms with van der Waals surface area (Å²) in [6.07, 6.45) is -0.165. The maximum atomic E-state index is 13.3. The lowest BCUT2D eigenvalue weighted by Gasteiger charge is -2.16. The number of aryl methyl sites for hydroxylation is 1. The fourth-order valence-corrected chi connectivity index (χ4v) is 3.01. The molecule has 1 aliphatic heterocycles. The largest absolute Gasteiger partial charge is 0.311 e. The van der Waals surface area contributed by atoms with E-state index in [-0.39, 0.29) is 18.9 Å². The summed E-state index contributed by atoms with van der Waals surface area (Å²) in [6, 6.07) is 4.16. The highest BCUT2D eigenvalue weighted by Gasteiger charge is 2.38. The Morgan fingerprint density at radius 3 is 2.56 bits per heavy atom. The number of amides is 1. The van der Waals surface area contributed by atoms with E-state index in [1.165, 1.54) is 17.0 Å². The van der Waals surface area contributed by atoms with E-state index in [1.54, 1.807) is 13.0 Å². The highest BCUT2D eigenvalue weighted by molar-refractivity contribution is 8.14. The standard InChI is InChI=1S/C11H11ClFNO3S/c1-7-2-8(13)4-9(3-7)14-6-10(5-11(14)15)18(12,16)17/h2-4,10H,5-6H2,1H3. The molecule has 2 rings (SSSR count). The molecule has 0 aromatic heterocycles. The van der Waals surface area contributed by atoms with Crippen LogP contribution in [0.15, 0.2) is 18.2 Å². The van der Waals surface area contributed by atoms with E-state index in [0.29, 0.717) is 11.3 Å². The smallest absolute Gasteiger partial charge is 0.237 e. The van der Waals surface area contributed by atoms with E-state index in [0.717, 1.165) is 0 Å². The highest BCUT2D eigenvalue weighted by Crippen LogP contribution is 2.27. The van der Waals surface area contributed by atoms with Gasteiger partial charge in [-0.2, -0.15) is 0 Å². The second-order valence-corrected chi connectivity index (χ2v) is 7.20. The van der Waals surface area contributed by atoms with Gasteiger partial charge in [-0.15, -0.1) is 0 Å². The average molecular weight is 292 g/mol. The van der Waals surface area contributed by atoms with Gasteiger partial charge in [-0.1, -0.05) is 0 Å². The Kier molecular flexibility index (Phi) is 3.33. The molecule has 0 spiro atoms. The molecule has 0 saturated carbocycles. The van der Waals surface area contributed by atoms with Crippen LogP contribution >= 0.6 is 10.7 Å². The molecule has 1 heterocycles. The number of benzene rings is 1. The molecule has 0 bridgehead atoms. The molecule has 1 unspecified atom stereocenters. The van der Waals surface area contributed by atoms with Crippen LogP contribution in [0.2, 0.25) is 0 Å². The van der Waals surface area contributed by atoms with Crippen LogP contribution in [0.1, 0.15) is 12.0 Å². The molecule has 7 heteroatoms. The molecule has 1 fully saturated rings. The Hall–Kier alpha value is -1.14. The maximum Gasteiger partial charge on any atom is 0.237 e. The molecule has 0 radical (unpaired) electrons. The summed E-state index contributed by atoms with van der Waals surface area (Å²) in [5.41, 5.74) is 1.02. The molecular formula is C11H11ClFNO3S. The Labute approximate surface area is 109 Å². The van der Waals surface area contributed by atoms with Crippen LogP contribution in [-0.4, -0.2) is 26.1 Å². The third-order valence-electron chi connectivity index (χ3n) is 2.83. The first-order chi connectivity index (χ1) is 8.27. The van der Waals surface area contributed by atoms with E-state index in [1.807, 2.05) is 0 Å². The lowest BCUT2D eigenvalue weighted by atomic mass is 10.2. The van der Waals surface area contributed by atoms with Gasteiger partial charge in [-0.3, -0.25) is 4.79 Å². The van der Waals surface area contributed by atoms with Crippen molar-refractivity contribution in [2.24, 2.45) is 0 Å². The normalized spacial score (nSPS) is 20.5. The molecule has 0 aliphatic carbocycles. The number of halogens is 2. The summed E-state index contributed by atoms with van der Waals surface area (Å²) in [4.78, 5) is 13.0. The molecule has 1 atom stereocenters. The van der Waals surface area contributed by atoms with E-state index >= 15 is 0 Å². The Bertz CT molecular complexity index is 582. The number of rotatable bonds is 2. The Morgan fingerprint density at radius 1 is 1.39 bits per heavy atom. The monoisotopic (exact) mass is 291 g/mol. The lowest BCUT2D eigenvalue weighted by Crippen LogP contribution is -2.26. The molecule has 0 N–H and O–H groups in total. The molecule has 1 aromatic carbocycles. The number of hydrogen-bond acceptors (Lipinski definition) is 3. The molecule has 98 valence electrons. The molecule has 1 saturated heterocycles. The first kappa shape index (κ1) is 13.3. The minimum absolute atomic E-state index is 0.0342. The van der Waals surface area contributed by atoms with Gasteiger partial charge in [-0.05, 0) is 30.7 Å². The van der Waals surface area contributed by atoms with Crippen LogP contribution in [-0.2, 0) is 13.8 Å². The molecule has 4 nitrogen and oxygen atoms in total. The number of nitrogens with zero attached hydrogens (tertiary/aromatic N) is 1. The van der Waals surface area contributed by atoms with Crippen LogP contribution in [0.25, 0.3) is 0 Å². The number of carbonyl (C=O) groups is 1. The minimum Gasteiger partial charge on any atom is -0.311 e. The third-order valence-corrected chi connectivity index (χ3v) is 4.69. The first-order valence-electron chi connectivity index (χ1n) is 5.28. The SMILES string of the molecule is Cc1cc(F)cc(N2CC(S(=O)(=O)Cl)CC2=O)c1. The van der Waals surface area contributed by atoms with Crippen molar-refractivity contribution in [2.75, 3.05) is 11.4 Å². The van der Waals surface area contributed by atoms with Gasteiger partial charge in [0.2, 0.25) is 15.0 Å². The maximum absolute atomic E-state index is 13.3. The van der Waals surface area contributed by atoms with Crippen molar-refractivity contribution >= 4 is 31.3 Å². The highest BCUT2D eigenvalue weighted by atomic mass is 35.7. The van der Waals surface area contributed by atoms with Crippen molar-refractivity contribution in [3.8, 4) is 0 Å². The summed E-state index contributed by atoms with van der Waals surface area (Å²) in [7, 11) is 1.46. The van der Waals surface area contributed by atoms with E-state index < -0.39 is 20.1 Å². The topological polar surface area (TPSA) is 54.5 Å². The lowest BCUT2D eigenvalue weighted by molar-refractivity contribution is -0.117. The summed E-state index contributed by atoms with van der Waals surface area (Å²) in [5.74, 6) is -0.829. The second-order valence-electron chi connectivity index (χ2n) is 4.29. The van der Waals surface area contributed by atoms with Crippen molar-refractivity contribution < 1.29 is 17.6 Å². The van der Waals surface area contributed by atoms with E-state index in [4.69, 9.17) is 10.7 Å². The van der Waals surface area contributed by atoms with Crippen LogP contribution in [0, 0.1) is 12.7 Å². The van der Waals surface area contributed by atoms with E-state index in [2.05, 4.69) is 0 Å². The Morgan fingerprint density at radius 2 is 2.06 bits per heavy atom. The summed E-state index contributed by atoms with van der Waals surface area (Å²) in [6.45, 7) is 1.66. The van der Waals surface area contributed by atoms with Crippen molar-refractivity contribution in [1.82, 2.24) is 0 Å². The predicted molar refractivity (Wildman–Crippen MR) is 66.7 cm³/mol. The summed E-state index contributed by atoms with van der Waals surface area (Å²) >= 11 is 0. The van der Waals surface area contributed by atoms with Crippen LogP contribution in [0.3, 0.4) is 0 Å². The van der Waals surface area contributed by atoms with Gasteiger partial charge >= 0.3 is 0 Å². The number of carbonyl (C=O) groups excluding carboxylic acids is 1. The van der Waals surface area contributed by atoms with Gasteiger partial charge in [-0.25, -0.2) is 12.8 Å². The van der Waals surface area contributed by atoms with E-state index in [9.17, 15) is 17.6 Å².